The molecule has 1 aromatic rings. The lowest BCUT2D eigenvalue weighted by atomic mass is 9.91. The second-order valence-electron chi connectivity index (χ2n) is 5.29. The van der Waals surface area contributed by atoms with Crippen LogP contribution in [0.3, 0.4) is 0 Å². The van der Waals surface area contributed by atoms with Crippen molar-refractivity contribution in [1.29, 1.82) is 0 Å². The first-order valence-corrected chi connectivity index (χ1v) is 7.52. The van der Waals surface area contributed by atoms with Crippen LogP contribution in [0.5, 0.6) is 0 Å². The Bertz CT molecular complexity index is 534. The molecule has 1 saturated heterocycles. The van der Waals surface area contributed by atoms with Crippen molar-refractivity contribution in [2.45, 2.75) is 39.7 Å². The number of carbonyl (C=O) groups excluding carboxylic acids is 2. The number of rotatable bonds is 5. The van der Waals surface area contributed by atoms with Crippen LogP contribution in [0.1, 0.15) is 41.9 Å². The highest BCUT2D eigenvalue weighted by atomic mass is 16.5. The second-order valence-corrected chi connectivity index (χ2v) is 5.29. The van der Waals surface area contributed by atoms with Crippen molar-refractivity contribution in [3.63, 3.8) is 0 Å². The number of hydrogen-bond donors (Lipinski definition) is 1. The predicted octanol–water partition coefficient (Wildman–Crippen LogP) is 1.38. The molecule has 22 heavy (non-hydrogen) atoms. The molecule has 0 unspecified atom stereocenters. The zero-order chi connectivity index (χ0) is 16.1. The average molecular weight is 310 g/mol. The van der Waals surface area contributed by atoms with Gasteiger partial charge >= 0.3 is 5.97 Å². The number of carbonyl (C=O) groups is 2. The normalized spacial score (nSPS) is 17.0. The number of esters is 1. The maximum Gasteiger partial charge on any atom is 0.328 e. The van der Waals surface area contributed by atoms with Gasteiger partial charge < -0.3 is 19.2 Å². The highest BCUT2D eigenvalue weighted by molar-refractivity contribution is 5.96. The van der Waals surface area contributed by atoms with Crippen molar-refractivity contribution >= 4 is 11.9 Å². The summed E-state index contributed by atoms with van der Waals surface area (Å²) >= 11 is 0. The van der Waals surface area contributed by atoms with Gasteiger partial charge in [0, 0.05) is 20.1 Å². The average Bonchev–Trinajstić information content (AvgIpc) is 2.84. The van der Waals surface area contributed by atoms with Gasteiger partial charge in [-0.1, -0.05) is 0 Å². The van der Waals surface area contributed by atoms with E-state index in [-0.39, 0.29) is 18.2 Å². The number of oxazole rings is 1. The summed E-state index contributed by atoms with van der Waals surface area (Å²) in [6, 6.07) is -0.687. The van der Waals surface area contributed by atoms with Crippen LogP contribution in [0, 0.1) is 19.8 Å². The van der Waals surface area contributed by atoms with Crippen LogP contribution in [0.15, 0.2) is 4.42 Å². The molecule has 2 rings (SSSR count). The van der Waals surface area contributed by atoms with Crippen molar-refractivity contribution in [1.82, 2.24) is 10.3 Å². The topological polar surface area (TPSA) is 90.7 Å². The zero-order valence-corrected chi connectivity index (χ0v) is 13.2. The fraction of sp³-hybridized carbons (Fsp3) is 0.667. The van der Waals surface area contributed by atoms with Gasteiger partial charge in [-0.05, 0) is 32.6 Å². The summed E-state index contributed by atoms with van der Waals surface area (Å²) in [5, 5.41) is 2.75. The lowest BCUT2D eigenvalue weighted by Gasteiger charge is -2.29. The number of amides is 1. The Labute approximate surface area is 129 Å². The van der Waals surface area contributed by atoms with Crippen molar-refractivity contribution in [3.05, 3.63) is 17.3 Å². The molecule has 0 spiro atoms. The number of hydrogen-bond acceptors (Lipinski definition) is 6. The Hall–Kier alpha value is -1.89. The number of aryl methyl sites for hydroxylation is 2. The molecule has 1 aliphatic heterocycles. The minimum atomic E-state index is -0.687. The third-order valence-corrected chi connectivity index (χ3v) is 3.68. The fourth-order valence-electron chi connectivity index (χ4n) is 2.60. The molecule has 0 radical (unpaired) electrons. The number of nitrogens with zero attached hydrogens (tertiary/aromatic N) is 1. The van der Waals surface area contributed by atoms with E-state index in [1.54, 1.807) is 20.8 Å². The highest BCUT2D eigenvalue weighted by Crippen LogP contribution is 2.20. The van der Waals surface area contributed by atoms with E-state index in [1.807, 2.05) is 0 Å². The highest BCUT2D eigenvalue weighted by Gasteiger charge is 2.33. The lowest BCUT2D eigenvalue weighted by molar-refractivity contribution is -0.147. The largest absolute Gasteiger partial charge is 0.464 e. The van der Waals surface area contributed by atoms with Gasteiger partial charge in [0.2, 0.25) is 0 Å². The van der Waals surface area contributed by atoms with Crippen LogP contribution < -0.4 is 5.32 Å². The third kappa shape index (κ3) is 3.85. The van der Waals surface area contributed by atoms with E-state index >= 15 is 0 Å². The van der Waals surface area contributed by atoms with Gasteiger partial charge in [-0.2, -0.15) is 0 Å². The maximum atomic E-state index is 12.4. The lowest BCUT2D eigenvalue weighted by Crippen LogP contribution is -2.48. The first-order valence-electron chi connectivity index (χ1n) is 7.52. The fourth-order valence-corrected chi connectivity index (χ4v) is 2.60. The number of aromatic nitrogens is 1. The number of nitrogens with one attached hydrogen (secondary N) is 1. The maximum absolute atomic E-state index is 12.4. The molecular formula is C15H22N2O5. The Balaban J connectivity index is 2.12. The first-order chi connectivity index (χ1) is 10.5. The first kappa shape index (κ1) is 16.5. The van der Waals surface area contributed by atoms with E-state index in [9.17, 15) is 9.59 Å². The molecule has 0 aliphatic carbocycles. The summed E-state index contributed by atoms with van der Waals surface area (Å²) in [6.45, 7) is 6.52. The van der Waals surface area contributed by atoms with E-state index in [0.29, 0.717) is 37.7 Å². The van der Waals surface area contributed by atoms with Gasteiger partial charge in [0.1, 0.15) is 11.8 Å². The smallest absolute Gasteiger partial charge is 0.328 e. The molecule has 2 heterocycles. The van der Waals surface area contributed by atoms with Crippen molar-refractivity contribution in [3.8, 4) is 0 Å². The Morgan fingerprint density at radius 1 is 1.36 bits per heavy atom. The number of ether oxygens (including phenoxy) is 2. The molecule has 1 atom stereocenters. The SMILES string of the molecule is CCOC(=O)[C@H](NC(=O)c1nc(C)oc1C)C1CCOCC1. The van der Waals surface area contributed by atoms with Gasteiger partial charge in [0.15, 0.2) is 11.6 Å². The molecule has 1 aliphatic rings. The zero-order valence-electron chi connectivity index (χ0n) is 13.2. The molecule has 1 amide bonds. The molecule has 7 nitrogen and oxygen atoms in total. The standard InChI is InChI=1S/C15H22N2O5/c1-4-21-15(19)13(11-5-7-20-8-6-11)17-14(18)12-9(2)22-10(3)16-12/h11,13H,4-8H2,1-3H3,(H,17,18)/t13-/m1/s1. The van der Waals surface area contributed by atoms with Gasteiger partial charge in [0.05, 0.1) is 6.61 Å². The molecule has 0 saturated carbocycles. The molecule has 7 heteroatoms. The van der Waals surface area contributed by atoms with Crippen LogP contribution in [-0.2, 0) is 14.3 Å². The summed E-state index contributed by atoms with van der Waals surface area (Å²) < 4.78 is 15.7. The van der Waals surface area contributed by atoms with Gasteiger partial charge in [-0.15, -0.1) is 0 Å². The monoisotopic (exact) mass is 310 g/mol. The molecule has 122 valence electrons. The van der Waals surface area contributed by atoms with Crippen molar-refractivity contribution < 1.29 is 23.5 Å². The van der Waals surface area contributed by atoms with E-state index < -0.39 is 17.9 Å². The molecule has 0 bridgehead atoms. The van der Waals surface area contributed by atoms with Gasteiger partial charge in [0.25, 0.3) is 5.91 Å². The van der Waals surface area contributed by atoms with Crippen molar-refractivity contribution in [2.24, 2.45) is 5.92 Å². The molecule has 1 fully saturated rings. The van der Waals surface area contributed by atoms with E-state index in [0.717, 1.165) is 0 Å². The summed E-state index contributed by atoms with van der Waals surface area (Å²) in [6.07, 6.45) is 1.42. The summed E-state index contributed by atoms with van der Waals surface area (Å²) in [7, 11) is 0. The molecule has 1 aromatic heterocycles. The minimum absolute atomic E-state index is 0.00468. The summed E-state index contributed by atoms with van der Waals surface area (Å²) in [5.74, 6) is 0.0237. The Morgan fingerprint density at radius 3 is 2.59 bits per heavy atom. The summed E-state index contributed by atoms with van der Waals surface area (Å²) in [4.78, 5) is 28.6. The van der Waals surface area contributed by atoms with Crippen LogP contribution in [-0.4, -0.2) is 42.7 Å². The third-order valence-electron chi connectivity index (χ3n) is 3.68. The van der Waals surface area contributed by atoms with E-state index in [4.69, 9.17) is 13.9 Å². The molecule has 1 N–H and O–H groups in total. The molecule has 0 aromatic carbocycles. The van der Waals surface area contributed by atoms with Gasteiger partial charge in [-0.3, -0.25) is 4.79 Å². The van der Waals surface area contributed by atoms with Crippen molar-refractivity contribution in [2.75, 3.05) is 19.8 Å². The summed E-state index contributed by atoms with van der Waals surface area (Å²) in [5.41, 5.74) is 0.207. The Morgan fingerprint density at radius 2 is 2.05 bits per heavy atom. The molecular weight excluding hydrogens is 288 g/mol. The minimum Gasteiger partial charge on any atom is -0.464 e. The Kier molecular flexibility index (Phi) is 5.54. The van der Waals surface area contributed by atoms with Crippen LogP contribution in [0.2, 0.25) is 0 Å². The predicted molar refractivity (Wildman–Crippen MR) is 77.4 cm³/mol. The van der Waals surface area contributed by atoms with E-state index in [1.165, 1.54) is 0 Å². The van der Waals surface area contributed by atoms with Crippen LogP contribution >= 0.6 is 0 Å². The van der Waals surface area contributed by atoms with Crippen LogP contribution in [0.25, 0.3) is 0 Å². The second kappa shape index (κ2) is 7.40. The van der Waals surface area contributed by atoms with Gasteiger partial charge in [-0.25, -0.2) is 9.78 Å². The quantitative estimate of drug-likeness (QED) is 0.826. The van der Waals surface area contributed by atoms with E-state index in [2.05, 4.69) is 10.3 Å². The van der Waals surface area contributed by atoms with Crippen LogP contribution in [0.4, 0.5) is 0 Å².